The summed E-state index contributed by atoms with van der Waals surface area (Å²) < 4.78 is 13.3. The summed E-state index contributed by atoms with van der Waals surface area (Å²) in [4.78, 5) is 24.9. The van der Waals surface area contributed by atoms with E-state index in [0.29, 0.717) is 21.3 Å². The van der Waals surface area contributed by atoms with Crippen LogP contribution < -0.4 is 5.32 Å². The molecule has 2 aromatic heterocycles. The van der Waals surface area contributed by atoms with Gasteiger partial charge in [-0.25, -0.2) is 19.3 Å². The fraction of sp³-hybridized carbons (Fsp3) is 0.125. The van der Waals surface area contributed by atoms with Crippen LogP contribution in [0.15, 0.2) is 42.9 Å². The Morgan fingerprint density at radius 1 is 1.25 bits per heavy atom. The first-order chi connectivity index (χ1) is 11.7. The summed E-state index contributed by atoms with van der Waals surface area (Å²) in [6.07, 6.45) is 4.68. The molecule has 1 aromatic carbocycles. The smallest absolute Gasteiger partial charge is 0.263 e. The highest BCUT2D eigenvalue weighted by atomic mass is 32.1. The molecule has 3 rings (SSSR count). The summed E-state index contributed by atoms with van der Waals surface area (Å²) in [5, 5.41) is 12.4. The molecule has 0 aliphatic rings. The lowest BCUT2D eigenvalue weighted by atomic mass is 10.1. The molecular formula is C16H13FN4O2S. The maximum absolute atomic E-state index is 13.3. The second-order valence-corrected chi connectivity index (χ2v) is 5.90. The maximum atomic E-state index is 13.3. The van der Waals surface area contributed by atoms with Crippen molar-refractivity contribution >= 4 is 17.2 Å². The third-order valence-electron chi connectivity index (χ3n) is 3.22. The van der Waals surface area contributed by atoms with E-state index in [0.717, 1.165) is 0 Å². The third-order valence-corrected chi connectivity index (χ3v) is 4.21. The fourth-order valence-electron chi connectivity index (χ4n) is 2.02. The Morgan fingerprint density at radius 2 is 2.04 bits per heavy atom. The third kappa shape index (κ3) is 3.61. The van der Waals surface area contributed by atoms with Gasteiger partial charge in [0, 0.05) is 24.5 Å². The Hall–Kier alpha value is -2.71. The van der Waals surface area contributed by atoms with Gasteiger partial charge in [-0.1, -0.05) is 6.07 Å². The first kappa shape index (κ1) is 16.2. The lowest BCUT2D eigenvalue weighted by molar-refractivity contribution is 0.0954. The van der Waals surface area contributed by atoms with Gasteiger partial charge in [-0.3, -0.25) is 4.79 Å². The lowest BCUT2D eigenvalue weighted by Gasteiger charge is -2.06. The van der Waals surface area contributed by atoms with Crippen LogP contribution in [0.1, 0.15) is 20.8 Å². The van der Waals surface area contributed by atoms with Crippen molar-refractivity contribution in [1.29, 1.82) is 0 Å². The Morgan fingerprint density at radius 3 is 2.79 bits per heavy atom. The van der Waals surface area contributed by atoms with Crippen molar-refractivity contribution in [3.8, 4) is 10.8 Å². The van der Waals surface area contributed by atoms with Crippen LogP contribution in [0, 0.1) is 5.82 Å². The molecule has 1 amide bonds. The van der Waals surface area contributed by atoms with E-state index in [9.17, 15) is 9.18 Å². The van der Waals surface area contributed by atoms with Crippen LogP contribution >= 0.6 is 11.3 Å². The summed E-state index contributed by atoms with van der Waals surface area (Å²) in [5.74, 6) is -0.292. The van der Waals surface area contributed by atoms with Crippen molar-refractivity contribution in [3.05, 3.63) is 64.7 Å². The van der Waals surface area contributed by atoms with Gasteiger partial charge < -0.3 is 10.4 Å². The molecular weight excluding hydrogens is 331 g/mol. The monoisotopic (exact) mass is 344 g/mol. The van der Waals surface area contributed by atoms with Crippen LogP contribution in [0.25, 0.3) is 10.8 Å². The molecule has 0 spiro atoms. The molecule has 2 heterocycles. The summed E-state index contributed by atoms with van der Waals surface area (Å²) in [5.41, 5.74) is 0.896. The van der Waals surface area contributed by atoms with E-state index in [4.69, 9.17) is 5.11 Å². The summed E-state index contributed by atoms with van der Waals surface area (Å²) in [6.45, 7) is -0.163. The number of hydrogen-bond donors (Lipinski definition) is 2. The molecule has 0 bridgehead atoms. The van der Waals surface area contributed by atoms with Crippen molar-refractivity contribution < 1.29 is 14.3 Å². The highest BCUT2D eigenvalue weighted by Crippen LogP contribution is 2.21. The number of hydrogen-bond acceptors (Lipinski definition) is 6. The molecule has 0 aliphatic heterocycles. The second kappa shape index (κ2) is 7.24. The van der Waals surface area contributed by atoms with Crippen molar-refractivity contribution in [2.24, 2.45) is 0 Å². The number of carbonyl (C=O) groups excluding carboxylic acids is 1. The molecule has 0 fully saturated rings. The highest BCUT2D eigenvalue weighted by Gasteiger charge is 2.13. The predicted molar refractivity (Wildman–Crippen MR) is 86.6 cm³/mol. The quantitative estimate of drug-likeness (QED) is 0.740. The summed E-state index contributed by atoms with van der Waals surface area (Å²) in [7, 11) is 0. The molecule has 122 valence electrons. The van der Waals surface area contributed by atoms with Crippen LogP contribution in [0.4, 0.5) is 4.39 Å². The molecule has 3 aromatic rings. The van der Waals surface area contributed by atoms with Gasteiger partial charge in [0.1, 0.15) is 10.7 Å². The van der Waals surface area contributed by atoms with Gasteiger partial charge in [0.15, 0.2) is 10.8 Å². The van der Waals surface area contributed by atoms with Gasteiger partial charge in [0.2, 0.25) is 0 Å². The summed E-state index contributed by atoms with van der Waals surface area (Å²) >= 11 is 1.19. The molecule has 0 atom stereocenters. The Labute approximate surface area is 141 Å². The number of amides is 1. The van der Waals surface area contributed by atoms with Crippen LogP contribution in [-0.4, -0.2) is 26.0 Å². The average Bonchev–Trinajstić information content (AvgIpc) is 3.12. The predicted octanol–water partition coefficient (Wildman–Crippen LogP) is 2.16. The van der Waals surface area contributed by atoms with Gasteiger partial charge >= 0.3 is 0 Å². The van der Waals surface area contributed by atoms with E-state index in [1.165, 1.54) is 29.7 Å². The minimum atomic E-state index is -0.470. The molecule has 0 aliphatic carbocycles. The number of rotatable bonds is 5. The number of nitrogens with one attached hydrogen (secondary N) is 1. The van der Waals surface area contributed by atoms with Gasteiger partial charge in [-0.05, 0) is 23.8 Å². The molecule has 0 saturated heterocycles. The minimum absolute atomic E-state index is 0.197. The van der Waals surface area contributed by atoms with Crippen molar-refractivity contribution in [1.82, 2.24) is 20.3 Å². The molecule has 0 radical (unpaired) electrons. The Bertz CT molecular complexity index is 854. The Balaban J connectivity index is 1.67. The van der Waals surface area contributed by atoms with Crippen LogP contribution in [0.5, 0.6) is 0 Å². The molecule has 0 saturated carbocycles. The second-order valence-electron chi connectivity index (χ2n) is 4.87. The number of nitrogens with zero attached hydrogens (tertiary/aromatic N) is 3. The average molecular weight is 344 g/mol. The van der Waals surface area contributed by atoms with Crippen LogP contribution in [0.2, 0.25) is 0 Å². The Kier molecular flexibility index (Phi) is 4.88. The number of thiazole rings is 1. The SMILES string of the molecule is O=C(NCc1ccc(F)c(CO)c1)c1cnc(-c2ncccn2)s1. The topological polar surface area (TPSA) is 88.0 Å². The van der Waals surface area contributed by atoms with E-state index in [2.05, 4.69) is 20.3 Å². The first-order valence-corrected chi connectivity index (χ1v) is 7.88. The van der Waals surface area contributed by atoms with E-state index in [-0.39, 0.29) is 24.6 Å². The van der Waals surface area contributed by atoms with Crippen LogP contribution in [0.3, 0.4) is 0 Å². The van der Waals surface area contributed by atoms with Crippen LogP contribution in [-0.2, 0) is 13.2 Å². The number of aliphatic hydroxyl groups is 1. The molecule has 24 heavy (non-hydrogen) atoms. The highest BCUT2D eigenvalue weighted by molar-refractivity contribution is 7.16. The summed E-state index contributed by atoms with van der Waals surface area (Å²) in [6, 6.07) is 6.05. The molecule has 2 N–H and O–H groups in total. The largest absolute Gasteiger partial charge is 0.392 e. The number of carbonyl (C=O) groups is 1. The number of benzene rings is 1. The van der Waals surface area contributed by atoms with Gasteiger partial charge in [0.05, 0.1) is 12.8 Å². The molecule has 0 unspecified atom stereocenters. The maximum Gasteiger partial charge on any atom is 0.263 e. The van der Waals surface area contributed by atoms with Crippen molar-refractivity contribution in [2.75, 3.05) is 0 Å². The molecule has 8 heteroatoms. The first-order valence-electron chi connectivity index (χ1n) is 7.07. The fourth-order valence-corrected chi connectivity index (χ4v) is 2.80. The van der Waals surface area contributed by atoms with E-state index in [1.54, 1.807) is 24.5 Å². The zero-order valence-corrected chi connectivity index (χ0v) is 13.3. The lowest BCUT2D eigenvalue weighted by Crippen LogP contribution is -2.21. The van der Waals surface area contributed by atoms with Crippen molar-refractivity contribution in [3.63, 3.8) is 0 Å². The number of aromatic nitrogens is 3. The van der Waals surface area contributed by atoms with Gasteiger partial charge in [-0.15, -0.1) is 11.3 Å². The van der Waals surface area contributed by atoms with Gasteiger partial charge in [-0.2, -0.15) is 0 Å². The standard InChI is InChI=1S/C16H13FN4O2S/c17-12-3-2-10(6-11(12)9-22)7-20-15(23)13-8-21-16(24-13)14-18-4-1-5-19-14/h1-6,8,22H,7,9H2,(H,20,23). The normalized spacial score (nSPS) is 10.6. The zero-order chi connectivity index (χ0) is 16.9. The molecule has 6 nitrogen and oxygen atoms in total. The van der Waals surface area contributed by atoms with E-state index in [1.807, 2.05) is 0 Å². The zero-order valence-electron chi connectivity index (χ0n) is 12.4. The minimum Gasteiger partial charge on any atom is -0.392 e. The van der Waals surface area contributed by atoms with E-state index >= 15 is 0 Å². The van der Waals surface area contributed by atoms with Crippen molar-refractivity contribution in [2.45, 2.75) is 13.2 Å². The van der Waals surface area contributed by atoms with E-state index < -0.39 is 5.82 Å². The van der Waals surface area contributed by atoms with Gasteiger partial charge in [0.25, 0.3) is 5.91 Å². The number of halogens is 1. The number of aliphatic hydroxyl groups excluding tert-OH is 1.